The minimum atomic E-state index is 0.366. The highest BCUT2D eigenvalue weighted by Gasteiger charge is 1.99. The highest BCUT2D eigenvalue weighted by atomic mass is 16.5. The number of likely N-dealkylation sites (N-methyl/N-ethyl adjacent to an activating group) is 2. The van der Waals surface area contributed by atoms with E-state index >= 15 is 0 Å². The third kappa shape index (κ3) is 17.9. The second-order valence-corrected chi connectivity index (χ2v) is 5.89. The Bertz CT molecular complexity index is 181. The first-order valence-corrected chi connectivity index (χ1v) is 9.08. The van der Waals surface area contributed by atoms with Crippen LogP contribution in [0.4, 0.5) is 0 Å². The van der Waals surface area contributed by atoms with Gasteiger partial charge in [-0.25, -0.2) is 0 Å². The zero-order chi connectivity index (χ0) is 17.4. The summed E-state index contributed by atoms with van der Waals surface area (Å²) in [6.07, 6.45) is 0.733. The summed E-state index contributed by atoms with van der Waals surface area (Å²) in [5.41, 5.74) is 0. The van der Waals surface area contributed by atoms with E-state index in [-0.39, 0.29) is 0 Å². The van der Waals surface area contributed by atoms with Crippen LogP contribution >= 0.6 is 0 Å². The minimum absolute atomic E-state index is 0.366. The molecule has 0 fully saturated rings. The van der Waals surface area contributed by atoms with Crippen molar-refractivity contribution in [1.29, 1.82) is 0 Å². The fraction of sp³-hybridized carbons (Fsp3) is 1.00. The first-order chi connectivity index (χ1) is 10.4. The van der Waals surface area contributed by atoms with Gasteiger partial charge in [-0.15, -0.1) is 0 Å². The molecular formula is C18H42N2O2. The van der Waals surface area contributed by atoms with Gasteiger partial charge in [-0.05, 0) is 53.9 Å². The Kier molecular flexibility index (Phi) is 18.8. The number of rotatable bonds is 12. The van der Waals surface area contributed by atoms with E-state index in [9.17, 15) is 0 Å². The van der Waals surface area contributed by atoms with Crippen molar-refractivity contribution >= 4 is 0 Å². The summed E-state index contributed by atoms with van der Waals surface area (Å²) >= 11 is 0. The average Bonchev–Trinajstić information content (AvgIpc) is 2.48. The van der Waals surface area contributed by atoms with Gasteiger partial charge < -0.3 is 19.3 Å². The molecule has 0 unspecified atom stereocenters. The molecule has 0 N–H and O–H groups in total. The molecule has 0 rings (SSSR count). The Labute approximate surface area is 140 Å². The molecule has 22 heavy (non-hydrogen) atoms. The maximum atomic E-state index is 5.43. The van der Waals surface area contributed by atoms with Gasteiger partial charge in [0.2, 0.25) is 0 Å². The Morgan fingerprint density at radius 1 is 0.591 bits per heavy atom. The van der Waals surface area contributed by atoms with Gasteiger partial charge in [0, 0.05) is 13.1 Å². The average molecular weight is 319 g/mol. The van der Waals surface area contributed by atoms with Crippen LogP contribution in [-0.2, 0) is 9.47 Å². The molecule has 0 aromatic rings. The lowest BCUT2D eigenvalue weighted by molar-refractivity contribution is 0.0609. The summed E-state index contributed by atoms with van der Waals surface area (Å²) in [6, 6.07) is 0. The number of nitrogens with zero attached hydrogens (tertiary/aromatic N) is 2. The minimum Gasteiger partial charge on any atom is -0.377 e. The van der Waals surface area contributed by atoms with Crippen molar-refractivity contribution in [2.45, 2.75) is 67.6 Å². The van der Waals surface area contributed by atoms with Gasteiger partial charge in [0.05, 0.1) is 25.4 Å². The Balaban J connectivity index is 0. The maximum Gasteiger partial charge on any atom is 0.0596 e. The number of hydrogen-bond acceptors (Lipinski definition) is 4. The highest BCUT2D eigenvalue weighted by Crippen LogP contribution is 1.91. The lowest BCUT2D eigenvalue weighted by Gasteiger charge is -2.18. The second kappa shape index (κ2) is 17.2. The van der Waals surface area contributed by atoms with Gasteiger partial charge in [0.1, 0.15) is 0 Å². The monoisotopic (exact) mass is 318 g/mol. The molecule has 4 heteroatoms. The number of ether oxygens (including phenoxy) is 2. The zero-order valence-corrected chi connectivity index (χ0v) is 16.5. The molecule has 0 aliphatic heterocycles. The second-order valence-electron chi connectivity index (χ2n) is 5.89. The van der Waals surface area contributed by atoms with E-state index in [1.807, 2.05) is 0 Å². The van der Waals surface area contributed by atoms with E-state index in [0.29, 0.717) is 12.2 Å². The molecule has 136 valence electrons. The van der Waals surface area contributed by atoms with Crippen molar-refractivity contribution in [3.05, 3.63) is 0 Å². The van der Waals surface area contributed by atoms with Crippen molar-refractivity contribution in [2.75, 3.05) is 52.5 Å². The zero-order valence-electron chi connectivity index (χ0n) is 16.5. The fourth-order valence-corrected chi connectivity index (χ4v) is 1.91. The number of hydrogen-bond donors (Lipinski definition) is 0. The van der Waals surface area contributed by atoms with Crippen molar-refractivity contribution in [3.63, 3.8) is 0 Å². The molecule has 0 saturated heterocycles. The topological polar surface area (TPSA) is 24.9 Å². The van der Waals surface area contributed by atoms with Crippen molar-refractivity contribution in [2.24, 2.45) is 0 Å². The molecule has 0 bridgehead atoms. The Morgan fingerprint density at radius 2 is 0.864 bits per heavy atom. The van der Waals surface area contributed by atoms with E-state index in [4.69, 9.17) is 9.47 Å². The van der Waals surface area contributed by atoms with Gasteiger partial charge in [-0.3, -0.25) is 0 Å². The molecule has 0 aromatic heterocycles. The maximum absolute atomic E-state index is 5.43. The molecule has 0 aliphatic carbocycles. The molecule has 0 saturated carbocycles. The van der Waals surface area contributed by atoms with Crippen LogP contribution in [0.2, 0.25) is 0 Å². The normalized spacial score (nSPS) is 11.5. The lowest BCUT2D eigenvalue weighted by Crippen LogP contribution is -2.27. The molecule has 0 heterocycles. The van der Waals surface area contributed by atoms with E-state index in [2.05, 4.69) is 65.2 Å². The van der Waals surface area contributed by atoms with Crippen LogP contribution in [0, 0.1) is 0 Å². The van der Waals surface area contributed by atoms with Crippen LogP contribution in [0.3, 0.4) is 0 Å². The standard InChI is InChI=1S/2C9H21NO/c2*1-5-10(6-2)7-8-11-9(3)4/h2*9H,5-8H2,1-4H3. The van der Waals surface area contributed by atoms with Crippen LogP contribution in [0.5, 0.6) is 0 Å². The summed E-state index contributed by atoms with van der Waals surface area (Å²) in [7, 11) is 0. The molecule has 0 aliphatic rings. The molecular weight excluding hydrogens is 276 g/mol. The van der Waals surface area contributed by atoms with E-state index in [0.717, 1.165) is 52.5 Å². The largest absolute Gasteiger partial charge is 0.377 e. The summed E-state index contributed by atoms with van der Waals surface area (Å²) in [6.45, 7) is 25.3. The van der Waals surface area contributed by atoms with Crippen LogP contribution in [0.25, 0.3) is 0 Å². The lowest BCUT2D eigenvalue weighted by atomic mass is 10.4. The van der Waals surface area contributed by atoms with E-state index in [1.54, 1.807) is 0 Å². The predicted molar refractivity (Wildman–Crippen MR) is 97.8 cm³/mol. The molecule has 0 aromatic carbocycles. The van der Waals surface area contributed by atoms with Gasteiger partial charge in [0.25, 0.3) is 0 Å². The van der Waals surface area contributed by atoms with Gasteiger partial charge in [-0.1, -0.05) is 27.7 Å². The smallest absolute Gasteiger partial charge is 0.0596 e. The van der Waals surface area contributed by atoms with Gasteiger partial charge in [-0.2, -0.15) is 0 Å². The summed E-state index contributed by atoms with van der Waals surface area (Å²) in [5, 5.41) is 0. The van der Waals surface area contributed by atoms with Crippen molar-refractivity contribution in [1.82, 2.24) is 9.80 Å². The first kappa shape index (κ1) is 24.1. The highest BCUT2D eigenvalue weighted by molar-refractivity contribution is 4.51. The molecule has 0 amide bonds. The summed E-state index contributed by atoms with van der Waals surface area (Å²) in [5.74, 6) is 0. The van der Waals surface area contributed by atoms with Crippen molar-refractivity contribution in [3.8, 4) is 0 Å². The van der Waals surface area contributed by atoms with Gasteiger partial charge >= 0.3 is 0 Å². The first-order valence-electron chi connectivity index (χ1n) is 9.08. The third-order valence-corrected chi connectivity index (χ3v) is 3.51. The summed E-state index contributed by atoms with van der Waals surface area (Å²) in [4.78, 5) is 4.73. The Morgan fingerprint density at radius 3 is 1.05 bits per heavy atom. The predicted octanol–water partition coefficient (Wildman–Crippen LogP) is 3.51. The van der Waals surface area contributed by atoms with Crippen LogP contribution in [0.1, 0.15) is 55.4 Å². The van der Waals surface area contributed by atoms with Crippen molar-refractivity contribution < 1.29 is 9.47 Å². The van der Waals surface area contributed by atoms with Crippen LogP contribution in [0.15, 0.2) is 0 Å². The third-order valence-electron chi connectivity index (χ3n) is 3.51. The Hall–Kier alpha value is -0.160. The SMILES string of the molecule is CCN(CC)CCOC(C)C.CCN(CC)CCOC(C)C. The van der Waals surface area contributed by atoms with Crippen LogP contribution < -0.4 is 0 Å². The van der Waals surface area contributed by atoms with Gasteiger partial charge in [0.15, 0.2) is 0 Å². The van der Waals surface area contributed by atoms with E-state index in [1.165, 1.54) is 0 Å². The summed E-state index contributed by atoms with van der Waals surface area (Å²) < 4.78 is 10.9. The quantitative estimate of drug-likeness (QED) is 0.550. The van der Waals surface area contributed by atoms with E-state index < -0.39 is 0 Å². The molecule has 0 spiro atoms. The fourth-order valence-electron chi connectivity index (χ4n) is 1.91. The molecule has 4 nitrogen and oxygen atoms in total. The molecule has 0 radical (unpaired) electrons. The van der Waals surface area contributed by atoms with Crippen LogP contribution in [-0.4, -0.2) is 74.5 Å². The molecule has 0 atom stereocenters.